The number of aryl methyl sites for hydroxylation is 1. The van der Waals surface area contributed by atoms with Crippen LogP contribution in [0, 0.1) is 6.92 Å². The summed E-state index contributed by atoms with van der Waals surface area (Å²) < 4.78 is 24.4. The molecule has 2 rings (SSSR count). The van der Waals surface area contributed by atoms with Crippen LogP contribution in [0.5, 0.6) is 0 Å². The van der Waals surface area contributed by atoms with Crippen LogP contribution in [0.15, 0.2) is 64.5 Å². The van der Waals surface area contributed by atoms with Gasteiger partial charge in [-0.3, -0.25) is 4.99 Å². The lowest BCUT2D eigenvalue weighted by Gasteiger charge is -2.12. The molecule has 0 atom stereocenters. The molecule has 2 aromatic rings. The van der Waals surface area contributed by atoms with Gasteiger partial charge in [0, 0.05) is 20.1 Å². The third-order valence-electron chi connectivity index (χ3n) is 3.53. The van der Waals surface area contributed by atoms with E-state index in [0.717, 1.165) is 5.56 Å². The fraction of sp³-hybridized carbons (Fsp3) is 0.278. The molecule has 0 bridgehead atoms. The second-order valence-corrected chi connectivity index (χ2v) is 7.58. The van der Waals surface area contributed by atoms with Crippen LogP contribution in [-0.4, -0.2) is 33.7 Å². The normalized spacial score (nSPS) is 11.5. The van der Waals surface area contributed by atoms with Crippen molar-refractivity contribution in [1.82, 2.24) is 10.6 Å². The molecule has 25 heavy (non-hydrogen) atoms. The highest BCUT2D eigenvalue weighted by molar-refractivity contribution is 14.0. The number of rotatable bonds is 6. The van der Waals surface area contributed by atoms with Crippen LogP contribution >= 0.6 is 24.0 Å². The SMILES string of the molecule is CN=C(NCCS(=O)(=O)c1ccccc1)NCc1cccc(C)c1.I. The van der Waals surface area contributed by atoms with E-state index in [0.29, 0.717) is 23.9 Å². The molecular formula is C18H24IN3O2S. The quantitative estimate of drug-likeness (QED) is 0.385. The average molecular weight is 473 g/mol. The highest BCUT2D eigenvalue weighted by Crippen LogP contribution is 2.09. The van der Waals surface area contributed by atoms with Crippen molar-refractivity contribution < 1.29 is 8.42 Å². The van der Waals surface area contributed by atoms with E-state index in [1.807, 2.05) is 25.1 Å². The van der Waals surface area contributed by atoms with Crippen LogP contribution in [0.1, 0.15) is 11.1 Å². The minimum atomic E-state index is -3.28. The van der Waals surface area contributed by atoms with Crippen LogP contribution in [-0.2, 0) is 16.4 Å². The number of nitrogens with zero attached hydrogens (tertiary/aromatic N) is 1. The largest absolute Gasteiger partial charge is 0.355 e. The topological polar surface area (TPSA) is 70.6 Å². The summed E-state index contributed by atoms with van der Waals surface area (Å²) in [4.78, 5) is 4.46. The van der Waals surface area contributed by atoms with Crippen molar-refractivity contribution in [1.29, 1.82) is 0 Å². The Labute approximate surface area is 166 Å². The Morgan fingerprint density at radius 1 is 1.04 bits per heavy atom. The summed E-state index contributed by atoms with van der Waals surface area (Å²) in [6.07, 6.45) is 0. The molecule has 0 heterocycles. The molecule has 136 valence electrons. The van der Waals surface area contributed by atoms with Gasteiger partial charge in [-0.05, 0) is 24.6 Å². The van der Waals surface area contributed by atoms with E-state index in [4.69, 9.17) is 0 Å². The number of hydrogen-bond acceptors (Lipinski definition) is 3. The number of sulfone groups is 1. The molecule has 0 fully saturated rings. The summed E-state index contributed by atoms with van der Waals surface area (Å²) in [6.45, 7) is 2.97. The lowest BCUT2D eigenvalue weighted by molar-refractivity contribution is 0.594. The maximum Gasteiger partial charge on any atom is 0.191 e. The molecule has 0 spiro atoms. The monoisotopic (exact) mass is 473 g/mol. The highest BCUT2D eigenvalue weighted by atomic mass is 127. The first-order valence-corrected chi connectivity index (χ1v) is 9.44. The number of halogens is 1. The summed E-state index contributed by atoms with van der Waals surface area (Å²) in [6, 6.07) is 16.7. The fourth-order valence-electron chi connectivity index (χ4n) is 2.28. The van der Waals surface area contributed by atoms with Crippen LogP contribution in [0.4, 0.5) is 0 Å². The van der Waals surface area contributed by atoms with Crippen molar-refractivity contribution in [3.8, 4) is 0 Å². The van der Waals surface area contributed by atoms with Gasteiger partial charge in [0.15, 0.2) is 15.8 Å². The van der Waals surface area contributed by atoms with Crippen LogP contribution in [0.3, 0.4) is 0 Å². The third kappa shape index (κ3) is 7.03. The summed E-state index contributed by atoms with van der Waals surface area (Å²) in [5.74, 6) is 0.599. The molecule has 0 aliphatic carbocycles. The van der Waals surface area contributed by atoms with E-state index >= 15 is 0 Å². The number of benzene rings is 2. The first kappa shape index (κ1) is 21.4. The van der Waals surface area contributed by atoms with Gasteiger partial charge < -0.3 is 10.6 Å². The third-order valence-corrected chi connectivity index (χ3v) is 5.26. The predicted molar refractivity (Wildman–Crippen MR) is 113 cm³/mol. The zero-order valence-corrected chi connectivity index (χ0v) is 17.5. The molecule has 0 unspecified atom stereocenters. The van der Waals surface area contributed by atoms with Crippen molar-refractivity contribution in [2.24, 2.45) is 4.99 Å². The van der Waals surface area contributed by atoms with Crippen LogP contribution in [0.25, 0.3) is 0 Å². The van der Waals surface area contributed by atoms with Gasteiger partial charge in [-0.1, -0.05) is 48.0 Å². The maximum atomic E-state index is 12.2. The van der Waals surface area contributed by atoms with Gasteiger partial charge >= 0.3 is 0 Å². The second kappa shape index (κ2) is 10.4. The Kier molecular flexibility index (Phi) is 8.91. The van der Waals surface area contributed by atoms with E-state index < -0.39 is 9.84 Å². The van der Waals surface area contributed by atoms with Crippen molar-refractivity contribution >= 4 is 39.8 Å². The molecule has 5 nitrogen and oxygen atoms in total. The average Bonchev–Trinajstić information content (AvgIpc) is 2.58. The smallest absolute Gasteiger partial charge is 0.191 e. The summed E-state index contributed by atoms with van der Waals surface area (Å²) in [5, 5.41) is 6.22. The van der Waals surface area contributed by atoms with Gasteiger partial charge in [-0.25, -0.2) is 8.42 Å². The first-order valence-electron chi connectivity index (χ1n) is 7.79. The Bertz CT molecular complexity index is 793. The molecule has 0 aromatic heterocycles. The summed E-state index contributed by atoms with van der Waals surface area (Å²) >= 11 is 0. The minimum Gasteiger partial charge on any atom is -0.355 e. The molecule has 0 saturated heterocycles. The molecule has 0 amide bonds. The Morgan fingerprint density at radius 2 is 1.76 bits per heavy atom. The molecule has 0 saturated carbocycles. The van der Waals surface area contributed by atoms with Crippen molar-refractivity contribution in [3.05, 3.63) is 65.7 Å². The zero-order valence-electron chi connectivity index (χ0n) is 14.4. The lowest BCUT2D eigenvalue weighted by Crippen LogP contribution is -2.39. The van der Waals surface area contributed by atoms with Gasteiger partial charge in [0.2, 0.25) is 0 Å². The molecule has 0 radical (unpaired) electrons. The van der Waals surface area contributed by atoms with Crippen LogP contribution in [0.2, 0.25) is 0 Å². The van der Waals surface area contributed by atoms with E-state index in [1.54, 1.807) is 37.4 Å². The maximum absolute atomic E-state index is 12.2. The number of hydrogen-bond donors (Lipinski definition) is 2. The molecule has 2 N–H and O–H groups in total. The van der Waals surface area contributed by atoms with Gasteiger partial charge in [0.1, 0.15) is 0 Å². The van der Waals surface area contributed by atoms with Gasteiger partial charge in [-0.2, -0.15) is 0 Å². The minimum absolute atomic E-state index is 0. The Morgan fingerprint density at radius 3 is 2.40 bits per heavy atom. The summed E-state index contributed by atoms with van der Waals surface area (Å²) in [7, 11) is -1.62. The number of guanidine groups is 1. The van der Waals surface area contributed by atoms with E-state index in [2.05, 4.69) is 21.7 Å². The zero-order chi connectivity index (χ0) is 17.4. The van der Waals surface area contributed by atoms with Crippen LogP contribution < -0.4 is 10.6 Å². The molecule has 0 aliphatic heterocycles. The van der Waals surface area contributed by atoms with Gasteiger partial charge in [0.25, 0.3) is 0 Å². The Hall–Kier alpha value is -1.61. The standard InChI is InChI=1S/C18H23N3O2S.HI/c1-15-7-6-8-16(13-15)14-21-18(19-2)20-11-12-24(22,23)17-9-4-3-5-10-17;/h3-10,13H,11-12,14H2,1-2H3,(H2,19,20,21);1H. The number of aliphatic imine (C=N–C) groups is 1. The van der Waals surface area contributed by atoms with Crippen molar-refractivity contribution in [2.75, 3.05) is 19.3 Å². The fourth-order valence-corrected chi connectivity index (χ4v) is 3.46. The molecule has 2 aromatic carbocycles. The van der Waals surface area contributed by atoms with E-state index in [1.165, 1.54) is 5.56 Å². The number of nitrogens with one attached hydrogen (secondary N) is 2. The van der Waals surface area contributed by atoms with Gasteiger partial charge in [0.05, 0.1) is 10.6 Å². The molecule has 7 heteroatoms. The van der Waals surface area contributed by atoms with Crippen molar-refractivity contribution in [2.45, 2.75) is 18.4 Å². The van der Waals surface area contributed by atoms with Crippen molar-refractivity contribution in [3.63, 3.8) is 0 Å². The van der Waals surface area contributed by atoms with Gasteiger partial charge in [-0.15, -0.1) is 24.0 Å². The lowest BCUT2D eigenvalue weighted by atomic mass is 10.1. The second-order valence-electron chi connectivity index (χ2n) is 5.47. The predicted octanol–water partition coefficient (Wildman–Crippen LogP) is 2.75. The summed E-state index contributed by atoms with van der Waals surface area (Å²) in [5.41, 5.74) is 2.35. The highest BCUT2D eigenvalue weighted by Gasteiger charge is 2.13. The van der Waals surface area contributed by atoms with E-state index in [-0.39, 0.29) is 29.7 Å². The first-order chi connectivity index (χ1) is 11.5. The Balaban J connectivity index is 0.00000312. The molecular weight excluding hydrogens is 449 g/mol. The molecule has 0 aliphatic rings. The van der Waals surface area contributed by atoms with E-state index in [9.17, 15) is 8.42 Å².